The van der Waals surface area contributed by atoms with E-state index in [4.69, 9.17) is 19.6 Å². The first-order chi connectivity index (χ1) is 14.8. The summed E-state index contributed by atoms with van der Waals surface area (Å²) in [4.78, 5) is 32.1. The quantitative estimate of drug-likeness (QED) is 0.350. The van der Waals surface area contributed by atoms with Crippen LogP contribution >= 0.6 is 0 Å². The number of benzene rings is 1. The summed E-state index contributed by atoms with van der Waals surface area (Å²) in [5, 5.41) is 12.7. The van der Waals surface area contributed by atoms with Crippen molar-refractivity contribution in [2.45, 2.75) is 45.9 Å². The number of nitrogens with one attached hydrogen (secondary N) is 1. The molecule has 0 spiro atoms. The van der Waals surface area contributed by atoms with E-state index in [0.717, 1.165) is 0 Å². The van der Waals surface area contributed by atoms with Gasteiger partial charge in [0.1, 0.15) is 23.8 Å². The largest absolute Gasteiger partial charge is 0.496 e. The predicted octanol–water partition coefficient (Wildman–Crippen LogP) is 2.50. The molecule has 0 aliphatic carbocycles. The highest BCUT2D eigenvalue weighted by atomic mass is 19.1. The summed E-state index contributed by atoms with van der Waals surface area (Å²) in [6.07, 6.45) is 0.451. The second-order valence-electron chi connectivity index (χ2n) is 6.94. The number of H-pyrrole nitrogens is 1. The number of nitriles is 1. The minimum atomic E-state index is -0.820. The Balaban J connectivity index is 2.47. The average molecular weight is 432 g/mol. The van der Waals surface area contributed by atoms with Crippen LogP contribution in [0.1, 0.15) is 44.4 Å². The fourth-order valence-corrected chi connectivity index (χ4v) is 2.76. The summed E-state index contributed by atoms with van der Waals surface area (Å²) >= 11 is 0. The molecule has 0 aliphatic rings. The smallest absolute Gasteiger partial charge is 0.328 e. The molecule has 166 valence electrons. The summed E-state index contributed by atoms with van der Waals surface area (Å²) < 4.78 is 26.2. The van der Waals surface area contributed by atoms with Crippen LogP contribution in [0.25, 0.3) is 0 Å². The van der Waals surface area contributed by atoms with Gasteiger partial charge in [0.05, 0.1) is 44.0 Å². The van der Waals surface area contributed by atoms with Gasteiger partial charge in [-0.15, -0.1) is 0 Å². The molecular weight excluding hydrogens is 407 g/mol. The summed E-state index contributed by atoms with van der Waals surface area (Å²) in [5.41, 5.74) is -0.486. The lowest BCUT2D eigenvalue weighted by Gasteiger charge is -2.21. The number of hydrogen-bond donors (Lipinski definition) is 1. The maximum Gasteiger partial charge on any atom is 0.328 e. The number of hydrogen-bond acceptors (Lipinski definition) is 7. The number of aromatic amines is 1. The summed E-state index contributed by atoms with van der Waals surface area (Å²) in [6, 6.07) is 5.91. The van der Waals surface area contributed by atoms with Gasteiger partial charge in [0, 0.05) is 11.8 Å². The van der Waals surface area contributed by atoms with E-state index in [1.807, 2.05) is 6.07 Å². The molecule has 31 heavy (non-hydrogen) atoms. The van der Waals surface area contributed by atoms with E-state index >= 15 is 0 Å². The molecule has 1 aromatic carbocycles. The summed E-state index contributed by atoms with van der Waals surface area (Å²) in [7, 11) is 1.43. The van der Waals surface area contributed by atoms with Crippen molar-refractivity contribution in [1.29, 1.82) is 5.26 Å². The lowest BCUT2D eigenvalue weighted by atomic mass is 10.1. The Hall–Kier alpha value is -3.45. The molecule has 2 aromatic rings. The van der Waals surface area contributed by atoms with E-state index < -0.39 is 23.2 Å². The maximum atomic E-state index is 13.9. The molecule has 0 saturated carbocycles. The van der Waals surface area contributed by atoms with E-state index in [9.17, 15) is 14.0 Å². The van der Waals surface area contributed by atoms with Crippen LogP contribution < -0.4 is 16.0 Å². The van der Waals surface area contributed by atoms with Gasteiger partial charge >= 0.3 is 5.69 Å². The Bertz CT molecular complexity index is 1080. The Morgan fingerprint density at radius 1 is 1.35 bits per heavy atom. The molecule has 1 unspecified atom stereocenters. The topological polar surface area (TPSA) is 119 Å². The third kappa shape index (κ3) is 6.52. The second kappa shape index (κ2) is 11.1. The van der Waals surface area contributed by atoms with E-state index in [2.05, 4.69) is 10.1 Å². The fourth-order valence-electron chi connectivity index (χ4n) is 2.76. The highest BCUT2D eigenvalue weighted by Crippen LogP contribution is 2.29. The van der Waals surface area contributed by atoms with Crippen LogP contribution in [-0.2, 0) is 16.1 Å². The zero-order valence-electron chi connectivity index (χ0n) is 17.8. The molecule has 0 amide bonds. The molecule has 0 bridgehead atoms. The van der Waals surface area contributed by atoms with Crippen LogP contribution in [-0.4, -0.2) is 35.1 Å². The number of rotatable bonds is 10. The predicted molar refractivity (Wildman–Crippen MR) is 112 cm³/mol. The van der Waals surface area contributed by atoms with Crippen LogP contribution in [0.3, 0.4) is 0 Å². The first-order valence-corrected chi connectivity index (χ1v) is 9.63. The normalized spacial score (nSPS) is 12.5. The van der Waals surface area contributed by atoms with Crippen molar-refractivity contribution in [3.63, 3.8) is 0 Å². The molecule has 9 nitrogen and oxygen atoms in total. The van der Waals surface area contributed by atoms with Crippen molar-refractivity contribution < 1.29 is 18.7 Å². The standard InChI is InChI=1S/C21H25FN4O5/c1-13(2)31-25-14(3)17-11-26(21(28)24-20(17)27)12-19(30-9-5-8-23)16-10-15(22)6-7-18(16)29-4/h6-7,10-11,13,19H,5,9,12H2,1-4H3,(H,24,27,28)/b25-14+. The Morgan fingerprint density at radius 2 is 2.10 bits per heavy atom. The summed E-state index contributed by atoms with van der Waals surface area (Å²) in [6.45, 7) is 5.16. The van der Waals surface area contributed by atoms with Gasteiger partial charge in [-0.2, -0.15) is 5.26 Å². The number of nitrogens with zero attached hydrogens (tertiary/aromatic N) is 3. The van der Waals surface area contributed by atoms with Crippen molar-refractivity contribution >= 4 is 5.71 Å². The maximum absolute atomic E-state index is 13.9. The zero-order chi connectivity index (χ0) is 23.0. The lowest BCUT2D eigenvalue weighted by molar-refractivity contribution is 0.0413. The SMILES string of the molecule is COc1ccc(F)cc1C(Cn1cc(/C(C)=N/OC(C)C)c(=O)[nH]c1=O)OCCC#N. The average Bonchev–Trinajstić information content (AvgIpc) is 2.73. The van der Waals surface area contributed by atoms with Crippen molar-refractivity contribution in [3.8, 4) is 11.8 Å². The highest BCUT2D eigenvalue weighted by molar-refractivity contribution is 5.97. The molecule has 1 atom stereocenters. The number of oxime groups is 1. The molecule has 1 heterocycles. The van der Waals surface area contributed by atoms with Gasteiger partial charge in [0.25, 0.3) is 5.56 Å². The molecule has 1 N–H and O–H groups in total. The van der Waals surface area contributed by atoms with Gasteiger partial charge in [0.2, 0.25) is 0 Å². The molecule has 0 aliphatic heterocycles. The number of aromatic nitrogens is 2. The van der Waals surface area contributed by atoms with Crippen LogP contribution in [0.15, 0.2) is 39.1 Å². The van der Waals surface area contributed by atoms with Gasteiger partial charge in [-0.05, 0) is 39.0 Å². The lowest BCUT2D eigenvalue weighted by Crippen LogP contribution is -2.34. The van der Waals surface area contributed by atoms with Gasteiger partial charge in [-0.1, -0.05) is 5.16 Å². The molecule has 0 fully saturated rings. The zero-order valence-corrected chi connectivity index (χ0v) is 17.8. The molecule has 0 saturated heterocycles. The summed E-state index contributed by atoms with van der Waals surface area (Å²) in [5.74, 6) is -0.142. The number of ether oxygens (including phenoxy) is 2. The minimum absolute atomic E-state index is 0.0633. The molecule has 2 rings (SSSR count). The first kappa shape index (κ1) is 23.8. The van der Waals surface area contributed by atoms with Crippen molar-refractivity contribution in [1.82, 2.24) is 9.55 Å². The first-order valence-electron chi connectivity index (χ1n) is 9.63. The van der Waals surface area contributed by atoms with Gasteiger partial charge in [0.15, 0.2) is 0 Å². The molecule has 1 aromatic heterocycles. The van der Waals surface area contributed by atoms with E-state index in [1.54, 1.807) is 20.8 Å². The van der Waals surface area contributed by atoms with Gasteiger partial charge in [-0.25, -0.2) is 9.18 Å². The second-order valence-corrected chi connectivity index (χ2v) is 6.94. The Kier molecular flexibility index (Phi) is 8.52. The fraction of sp³-hybridized carbons (Fsp3) is 0.429. The highest BCUT2D eigenvalue weighted by Gasteiger charge is 2.20. The van der Waals surface area contributed by atoms with E-state index in [1.165, 1.54) is 36.1 Å². The number of methoxy groups -OCH3 is 1. The van der Waals surface area contributed by atoms with Crippen LogP contribution in [0, 0.1) is 17.1 Å². The van der Waals surface area contributed by atoms with E-state index in [0.29, 0.717) is 11.3 Å². The number of halogens is 1. The van der Waals surface area contributed by atoms with Crippen LogP contribution in [0.5, 0.6) is 5.75 Å². The minimum Gasteiger partial charge on any atom is -0.496 e. The van der Waals surface area contributed by atoms with Crippen LogP contribution in [0.2, 0.25) is 0 Å². The Labute approximate surface area is 178 Å². The van der Waals surface area contributed by atoms with E-state index in [-0.39, 0.29) is 37.0 Å². The van der Waals surface area contributed by atoms with Crippen molar-refractivity contribution in [3.05, 3.63) is 62.2 Å². The Morgan fingerprint density at radius 3 is 2.74 bits per heavy atom. The van der Waals surface area contributed by atoms with Gasteiger partial charge in [-0.3, -0.25) is 14.3 Å². The molecule has 0 radical (unpaired) electrons. The molecular formula is C21H25FN4O5. The van der Waals surface area contributed by atoms with Crippen LogP contribution in [0.4, 0.5) is 4.39 Å². The van der Waals surface area contributed by atoms with Gasteiger partial charge < -0.3 is 14.3 Å². The van der Waals surface area contributed by atoms with Crippen molar-refractivity contribution in [2.24, 2.45) is 5.16 Å². The van der Waals surface area contributed by atoms with Crippen molar-refractivity contribution in [2.75, 3.05) is 13.7 Å². The monoisotopic (exact) mass is 432 g/mol. The third-order valence-electron chi connectivity index (χ3n) is 4.24. The molecule has 10 heteroatoms. The third-order valence-corrected chi connectivity index (χ3v) is 4.24.